The summed E-state index contributed by atoms with van der Waals surface area (Å²) < 4.78 is 18.8. The molecule has 1 aliphatic rings. The molecule has 1 atom stereocenters. The molecule has 2 amide bonds. The highest BCUT2D eigenvalue weighted by atomic mass is 32.1. The molecule has 134 valence electrons. The third kappa shape index (κ3) is 3.60. The number of likely N-dealkylation sites (tertiary alicyclic amines) is 1. The monoisotopic (exact) mass is 372 g/mol. The summed E-state index contributed by atoms with van der Waals surface area (Å²) in [6, 6.07) is 9.38. The van der Waals surface area contributed by atoms with Crippen LogP contribution in [-0.4, -0.2) is 34.2 Å². The van der Waals surface area contributed by atoms with Crippen molar-refractivity contribution in [2.45, 2.75) is 18.8 Å². The van der Waals surface area contributed by atoms with Gasteiger partial charge in [0.15, 0.2) is 0 Å². The number of urea groups is 1. The van der Waals surface area contributed by atoms with Crippen LogP contribution in [0.5, 0.6) is 0 Å². The van der Waals surface area contributed by atoms with Gasteiger partial charge in [0.25, 0.3) is 5.89 Å². The number of carbonyl (C=O) groups excluding carboxylic acids is 1. The number of nitrogens with one attached hydrogen (secondary N) is 1. The molecule has 4 rings (SSSR count). The number of rotatable bonds is 3. The van der Waals surface area contributed by atoms with Gasteiger partial charge in [-0.25, -0.2) is 9.18 Å². The van der Waals surface area contributed by atoms with Crippen molar-refractivity contribution in [2.75, 3.05) is 18.4 Å². The Hall–Kier alpha value is -2.74. The van der Waals surface area contributed by atoms with Gasteiger partial charge in [0.2, 0.25) is 5.89 Å². The van der Waals surface area contributed by atoms with Crippen LogP contribution in [0.25, 0.3) is 10.8 Å². The average molecular weight is 372 g/mol. The van der Waals surface area contributed by atoms with Crippen LogP contribution in [0.15, 0.2) is 46.2 Å². The normalized spacial score (nSPS) is 17.3. The molecule has 1 saturated heterocycles. The van der Waals surface area contributed by atoms with Gasteiger partial charge < -0.3 is 14.6 Å². The van der Waals surface area contributed by atoms with Crippen LogP contribution in [0.2, 0.25) is 0 Å². The molecule has 1 aliphatic heterocycles. The van der Waals surface area contributed by atoms with E-state index in [9.17, 15) is 9.18 Å². The zero-order chi connectivity index (χ0) is 17.9. The number of amides is 2. The lowest BCUT2D eigenvalue weighted by Crippen LogP contribution is -2.41. The lowest BCUT2D eigenvalue weighted by molar-refractivity contribution is 0.187. The summed E-state index contributed by atoms with van der Waals surface area (Å²) >= 11 is 1.55. The van der Waals surface area contributed by atoms with Crippen LogP contribution >= 0.6 is 11.3 Å². The van der Waals surface area contributed by atoms with Crippen molar-refractivity contribution >= 4 is 23.1 Å². The lowest BCUT2D eigenvalue weighted by atomic mass is 9.98. The highest BCUT2D eigenvalue weighted by molar-refractivity contribution is 7.13. The molecule has 0 spiro atoms. The van der Waals surface area contributed by atoms with E-state index in [2.05, 4.69) is 15.5 Å². The number of hydrogen-bond donors (Lipinski definition) is 1. The quantitative estimate of drug-likeness (QED) is 0.742. The molecular weight excluding hydrogens is 355 g/mol. The van der Waals surface area contributed by atoms with Crippen LogP contribution in [0.3, 0.4) is 0 Å². The number of benzene rings is 1. The van der Waals surface area contributed by atoms with Crippen molar-refractivity contribution in [1.82, 2.24) is 15.1 Å². The SMILES string of the molecule is O=C(Nc1ccc(F)cc1)N1CCCC(c2nnc(-c3cccs3)o2)C1. The van der Waals surface area contributed by atoms with Crippen molar-refractivity contribution in [2.24, 2.45) is 0 Å². The molecule has 2 aromatic heterocycles. The Balaban J connectivity index is 1.42. The Labute approximate surface area is 153 Å². The number of hydrogen-bond acceptors (Lipinski definition) is 5. The summed E-state index contributed by atoms with van der Waals surface area (Å²) in [6.45, 7) is 1.18. The molecular formula is C18H17FN4O2S. The minimum absolute atomic E-state index is 0.0175. The second-order valence-electron chi connectivity index (χ2n) is 6.14. The van der Waals surface area contributed by atoms with E-state index in [0.29, 0.717) is 30.6 Å². The molecule has 3 heterocycles. The van der Waals surface area contributed by atoms with E-state index in [1.807, 2.05) is 17.5 Å². The third-order valence-electron chi connectivity index (χ3n) is 4.33. The number of nitrogens with zero attached hydrogens (tertiary/aromatic N) is 3. The zero-order valence-electron chi connectivity index (χ0n) is 13.9. The van der Waals surface area contributed by atoms with Crippen molar-refractivity contribution < 1.29 is 13.6 Å². The van der Waals surface area contributed by atoms with Crippen LogP contribution in [0.4, 0.5) is 14.9 Å². The van der Waals surface area contributed by atoms with Gasteiger partial charge in [0.1, 0.15) is 5.82 Å². The number of carbonyl (C=O) groups is 1. The first-order chi connectivity index (χ1) is 12.7. The highest BCUT2D eigenvalue weighted by Crippen LogP contribution is 2.30. The molecule has 0 aliphatic carbocycles. The van der Waals surface area contributed by atoms with Gasteiger partial charge in [-0.05, 0) is 48.6 Å². The first-order valence-electron chi connectivity index (χ1n) is 8.38. The van der Waals surface area contributed by atoms with Gasteiger partial charge in [0, 0.05) is 18.8 Å². The Bertz CT molecular complexity index is 879. The highest BCUT2D eigenvalue weighted by Gasteiger charge is 2.28. The maximum absolute atomic E-state index is 13.0. The minimum atomic E-state index is -0.334. The average Bonchev–Trinajstić information content (AvgIpc) is 3.35. The van der Waals surface area contributed by atoms with E-state index in [1.54, 1.807) is 28.4 Å². The molecule has 0 saturated carbocycles. The maximum atomic E-state index is 13.0. The first kappa shape index (κ1) is 16.7. The zero-order valence-corrected chi connectivity index (χ0v) is 14.7. The van der Waals surface area contributed by atoms with Gasteiger partial charge in [-0.3, -0.25) is 0 Å². The summed E-state index contributed by atoms with van der Waals surface area (Å²) in [5.41, 5.74) is 0.566. The third-order valence-corrected chi connectivity index (χ3v) is 5.18. The van der Waals surface area contributed by atoms with Gasteiger partial charge in [-0.2, -0.15) is 0 Å². The summed E-state index contributed by atoms with van der Waals surface area (Å²) in [6.07, 6.45) is 1.75. The van der Waals surface area contributed by atoms with Crippen LogP contribution in [0, 0.1) is 5.82 Å². The fraction of sp³-hybridized carbons (Fsp3) is 0.278. The molecule has 1 unspecified atom stereocenters. The number of aromatic nitrogens is 2. The number of piperidine rings is 1. The lowest BCUT2D eigenvalue weighted by Gasteiger charge is -2.31. The van der Waals surface area contributed by atoms with Crippen molar-refractivity contribution in [3.63, 3.8) is 0 Å². The standard InChI is InChI=1S/C18H17FN4O2S/c19-13-5-7-14(8-6-13)20-18(24)23-9-1-3-12(11-23)16-21-22-17(25-16)15-4-2-10-26-15/h2,4-8,10,12H,1,3,9,11H2,(H,20,24). The Kier molecular flexibility index (Phi) is 4.66. The van der Waals surface area contributed by atoms with E-state index in [0.717, 1.165) is 17.7 Å². The van der Waals surface area contributed by atoms with Gasteiger partial charge in [-0.15, -0.1) is 21.5 Å². The molecule has 1 N–H and O–H groups in total. The fourth-order valence-corrected chi connectivity index (χ4v) is 3.64. The molecule has 1 fully saturated rings. The minimum Gasteiger partial charge on any atom is -0.420 e. The van der Waals surface area contributed by atoms with Crippen LogP contribution in [-0.2, 0) is 0 Å². The van der Waals surface area contributed by atoms with E-state index < -0.39 is 0 Å². The molecule has 6 nitrogen and oxygen atoms in total. The Morgan fingerprint density at radius 3 is 2.88 bits per heavy atom. The predicted octanol–water partition coefficient (Wildman–Crippen LogP) is 4.35. The molecule has 0 bridgehead atoms. The van der Waals surface area contributed by atoms with Gasteiger partial charge in [0.05, 0.1) is 10.8 Å². The maximum Gasteiger partial charge on any atom is 0.321 e. The Morgan fingerprint density at radius 2 is 2.12 bits per heavy atom. The first-order valence-corrected chi connectivity index (χ1v) is 9.26. The van der Waals surface area contributed by atoms with Crippen molar-refractivity contribution in [3.8, 4) is 10.8 Å². The topological polar surface area (TPSA) is 71.3 Å². The van der Waals surface area contributed by atoms with Gasteiger partial charge in [-0.1, -0.05) is 6.07 Å². The molecule has 8 heteroatoms. The molecule has 26 heavy (non-hydrogen) atoms. The second-order valence-corrected chi connectivity index (χ2v) is 7.09. The molecule has 3 aromatic rings. The predicted molar refractivity (Wildman–Crippen MR) is 96.6 cm³/mol. The van der Waals surface area contributed by atoms with E-state index in [-0.39, 0.29) is 17.8 Å². The molecule has 1 aromatic carbocycles. The van der Waals surface area contributed by atoms with Crippen LogP contribution in [0.1, 0.15) is 24.7 Å². The van der Waals surface area contributed by atoms with E-state index >= 15 is 0 Å². The largest absolute Gasteiger partial charge is 0.420 e. The smallest absolute Gasteiger partial charge is 0.321 e. The van der Waals surface area contributed by atoms with Crippen molar-refractivity contribution in [3.05, 3.63) is 53.5 Å². The van der Waals surface area contributed by atoms with E-state index in [4.69, 9.17) is 4.42 Å². The number of anilines is 1. The van der Waals surface area contributed by atoms with Crippen LogP contribution < -0.4 is 5.32 Å². The second kappa shape index (κ2) is 7.25. The van der Waals surface area contributed by atoms with E-state index in [1.165, 1.54) is 12.1 Å². The Morgan fingerprint density at radius 1 is 1.27 bits per heavy atom. The summed E-state index contributed by atoms with van der Waals surface area (Å²) in [5, 5.41) is 13.0. The van der Waals surface area contributed by atoms with Crippen molar-refractivity contribution in [1.29, 1.82) is 0 Å². The fourth-order valence-electron chi connectivity index (χ4n) is 3.00. The number of halogens is 1. The summed E-state index contributed by atoms with van der Waals surface area (Å²) in [5.74, 6) is 0.762. The summed E-state index contributed by atoms with van der Waals surface area (Å²) in [7, 11) is 0. The van der Waals surface area contributed by atoms with Gasteiger partial charge >= 0.3 is 6.03 Å². The molecule has 0 radical (unpaired) electrons. The summed E-state index contributed by atoms with van der Waals surface area (Å²) in [4.78, 5) is 15.1. The number of thiophene rings is 1.